The third-order valence-corrected chi connectivity index (χ3v) is 4.54. The lowest BCUT2D eigenvalue weighted by molar-refractivity contribution is 1.42. The first-order valence-corrected chi connectivity index (χ1v) is 9.01. The lowest BCUT2D eigenvalue weighted by atomic mass is 10.1. The van der Waals surface area contributed by atoms with Gasteiger partial charge in [0.1, 0.15) is 0 Å². The van der Waals surface area contributed by atoms with Crippen LogP contribution in [0.25, 0.3) is 27.8 Å². The fraction of sp³-hybridized carbons (Fsp3) is 0.160. The van der Waals surface area contributed by atoms with Gasteiger partial charge in [-0.15, -0.1) is 0 Å². The van der Waals surface area contributed by atoms with Crippen molar-refractivity contribution in [2.75, 3.05) is 0 Å². The van der Waals surface area contributed by atoms with Gasteiger partial charge in [-0.05, 0) is 56.8 Å². The van der Waals surface area contributed by atoms with E-state index in [0.717, 1.165) is 21.9 Å². The predicted molar refractivity (Wildman–Crippen MR) is 115 cm³/mol. The number of benzene rings is 2. The predicted octanol–water partition coefficient (Wildman–Crippen LogP) is 7.11. The summed E-state index contributed by atoms with van der Waals surface area (Å²) in [6.07, 6.45) is 8.35. The smallest absolute Gasteiger partial charge is 0.0708 e. The Balaban J connectivity index is 2.26. The molecule has 3 aromatic rings. The largest absolute Gasteiger partial charge is 0.256 e. The van der Waals surface area contributed by atoms with Gasteiger partial charge in [0.25, 0.3) is 0 Å². The van der Waals surface area contributed by atoms with Gasteiger partial charge in [0, 0.05) is 17.0 Å². The number of aromatic nitrogens is 1. The number of aryl methyl sites for hydroxylation is 2. The summed E-state index contributed by atoms with van der Waals surface area (Å²) in [6, 6.07) is 19.4. The molecule has 2 aromatic carbocycles. The summed E-state index contributed by atoms with van der Waals surface area (Å²) >= 11 is 0. The molecule has 130 valence electrons. The molecule has 0 bridgehead atoms. The first-order valence-electron chi connectivity index (χ1n) is 9.01. The first kappa shape index (κ1) is 17.9. The Hall–Kier alpha value is -2.93. The van der Waals surface area contributed by atoms with Crippen LogP contribution in [0.4, 0.5) is 0 Å². The Morgan fingerprint density at radius 1 is 0.808 bits per heavy atom. The average molecular weight is 339 g/mol. The number of hydrogen-bond acceptors (Lipinski definition) is 1. The Kier molecular flexibility index (Phi) is 5.48. The lowest BCUT2D eigenvalue weighted by Gasteiger charge is -2.00. The van der Waals surface area contributed by atoms with Gasteiger partial charge in [-0.25, -0.2) is 0 Å². The fourth-order valence-electron chi connectivity index (χ4n) is 2.83. The molecule has 0 radical (unpaired) electrons. The second-order valence-electron chi connectivity index (χ2n) is 6.80. The minimum Gasteiger partial charge on any atom is -0.256 e. The molecule has 0 aliphatic heterocycles. The van der Waals surface area contributed by atoms with Crippen molar-refractivity contribution in [1.29, 1.82) is 0 Å². The summed E-state index contributed by atoms with van der Waals surface area (Å²) in [5.74, 6) is 0. The summed E-state index contributed by atoms with van der Waals surface area (Å²) in [6.45, 7) is 8.40. The molecule has 0 spiro atoms. The Morgan fingerprint density at radius 2 is 1.46 bits per heavy atom. The summed E-state index contributed by atoms with van der Waals surface area (Å²) in [5, 5.41) is 3.47. The topological polar surface area (TPSA) is 12.9 Å². The maximum atomic E-state index is 4.82. The lowest BCUT2D eigenvalue weighted by Crippen LogP contribution is -1.80. The average Bonchev–Trinajstić information content (AvgIpc) is 2.64. The van der Waals surface area contributed by atoms with Crippen LogP contribution in [0.1, 0.15) is 30.5 Å². The van der Waals surface area contributed by atoms with E-state index in [9.17, 15) is 0 Å². The van der Waals surface area contributed by atoms with Crippen LogP contribution in [0.15, 0.2) is 78.5 Å². The van der Waals surface area contributed by atoms with Gasteiger partial charge in [0.05, 0.1) is 5.52 Å². The molecule has 26 heavy (non-hydrogen) atoms. The van der Waals surface area contributed by atoms with Gasteiger partial charge in [-0.3, -0.25) is 4.98 Å². The zero-order valence-corrected chi connectivity index (χ0v) is 16.0. The standard InChI is InChI=1S/C25H25N/c1-5-18(2)6-9-21-10-13-23-14-19(3)7-11-22-12-8-20(4)15-24(22)17-26-25(23)16-21/h5-17H,1-4H3/b9-6-,11-7?,18-5-,19-7?,19-14?,22-11?,23-14?,24-17?,26-17?,26-25?. The van der Waals surface area contributed by atoms with Crippen LogP contribution >= 0.6 is 0 Å². The Morgan fingerprint density at radius 3 is 2.15 bits per heavy atom. The molecule has 0 saturated carbocycles. The van der Waals surface area contributed by atoms with E-state index in [0.29, 0.717) is 0 Å². The fourth-order valence-corrected chi connectivity index (χ4v) is 2.83. The molecule has 0 aliphatic rings. The van der Waals surface area contributed by atoms with E-state index in [1.807, 2.05) is 6.20 Å². The molecule has 0 N–H and O–H groups in total. The summed E-state index contributed by atoms with van der Waals surface area (Å²) in [4.78, 5) is 4.82. The molecule has 3 rings (SSSR count). The van der Waals surface area contributed by atoms with Crippen molar-refractivity contribution >= 4 is 27.8 Å². The van der Waals surface area contributed by atoms with Gasteiger partial charge in [-0.2, -0.15) is 0 Å². The number of fused-ring (bicyclic) bond motifs is 2. The summed E-state index contributed by atoms with van der Waals surface area (Å²) in [5.41, 5.74) is 5.85. The van der Waals surface area contributed by atoms with Crippen LogP contribution in [0.2, 0.25) is 0 Å². The molecule has 1 heterocycles. The van der Waals surface area contributed by atoms with E-state index < -0.39 is 0 Å². The summed E-state index contributed by atoms with van der Waals surface area (Å²) < 4.78 is 0. The van der Waals surface area contributed by atoms with Crippen LogP contribution in [0, 0.1) is 13.8 Å². The van der Waals surface area contributed by atoms with Crippen LogP contribution in [-0.4, -0.2) is 4.98 Å². The molecular formula is C25H25N. The zero-order valence-electron chi connectivity index (χ0n) is 16.0. The third kappa shape index (κ3) is 4.37. The summed E-state index contributed by atoms with van der Waals surface area (Å²) in [7, 11) is 0. The highest BCUT2D eigenvalue weighted by molar-refractivity contribution is 5.84. The Bertz CT molecular complexity index is 1070. The van der Waals surface area contributed by atoms with Crippen LogP contribution in [0.3, 0.4) is 0 Å². The third-order valence-electron chi connectivity index (χ3n) is 4.54. The first-order chi connectivity index (χ1) is 12.5. The van der Waals surface area contributed by atoms with E-state index in [-0.39, 0.29) is 0 Å². The van der Waals surface area contributed by atoms with Gasteiger partial charge in [0.15, 0.2) is 0 Å². The second-order valence-corrected chi connectivity index (χ2v) is 6.80. The molecule has 0 atom stereocenters. The van der Waals surface area contributed by atoms with Crippen molar-refractivity contribution in [1.82, 2.24) is 4.98 Å². The molecular weight excluding hydrogens is 314 g/mol. The van der Waals surface area contributed by atoms with E-state index in [4.69, 9.17) is 4.98 Å². The van der Waals surface area contributed by atoms with Crippen molar-refractivity contribution in [3.8, 4) is 0 Å². The molecule has 1 aromatic heterocycles. The minimum atomic E-state index is 0.993. The number of allylic oxidation sites excluding steroid dienone is 3. The molecule has 1 nitrogen and oxygen atoms in total. The highest BCUT2D eigenvalue weighted by Crippen LogP contribution is 2.18. The monoisotopic (exact) mass is 339 g/mol. The molecule has 1 heteroatoms. The SMILES string of the molecule is C/C=C(C)\C=C/c1ccc2cc(C)ccc3ccc(C)cc3cnc2c1. The quantitative estimate of drug-likeness (QED) is 0.453. The van der Waals surface area contributed by atoms with Crippen molar-refractivity contribution < 1.29 is 0 Å². The van der Waals surface area contributed by atoms with E-state index >= 15 is 0 Å². The van der Waals surface area contributed by atoms with Gasteiger partial charge < -0.3 is 0 Å². The van der Waals surface area contributed by atoms with Crippen LogP contribution < -0.4 is 0 Å². The molecule has 0 aliphatic carbocycles. The van der Waals surface area contributed by atoms with Crippen molar-refractivity contribution in [2.45, 2.75) is 27.7 Å². The molecule has 0 saturated heterocycles. The highest BCUT2D eigenvalue weighted by atomic mass is 14.6. The van der Waals surface area contributed by atoms with E-state index in [1.165, 1.54) is 22.1 Å². The molecule has 0 fully saturated rings. The van der Waals surface area contributed by atoms with Crippen LogP contribution in [0.5, 0.6) is 0 Å². The van der Waals surface area contributed by atoms with E-state index in [2.05, 4.69) is 101 Å². The number of nitrogens with zero attached hydrogens (tertiary/aromatic N) is 1. The number of hydrogen-bond donors (Lipinski definition) is 0. The van der Waals surface area contributed by atoms with Crippen molar-refractivity contribution in [2.24, 2.45) is 0 Å². The maximum absolute atomic E-state index is 4.82. The van der Waals surface area contributed by atoms with Gasteiger partial charge >= 0.3 is 0 Å². The zero-order chi connectivity index (χ0) is 18.5. The Labute approximate surface area is 156 Å². The number of rotatable bonds is 2. The molecule has 0 amide bonds. The van der Waals surface area contributed by atoms with Gasteiger partial charge in [-0.1, -0.05) is 71.3 Å². The maximum Gasteiger partial charge on any atom is 0.0708 e. The second kappa shape index (κ2) is 7.97. The van der Waals surface area contributed by atoms with Crippen molar-refractivity contribution in [3.05, 3.63) is 95.2 Å². The highest BCUT2D eigenvalue weighted by Gasteiger charge is 1.96. The van der Waals surface area contributed by atoms with Gasteiger partial charge in [0.2, 0.25) is 0 Å². The van der Waals surface area contributed by atoms with Crippen molar-refractivity contribution in [3.63, 3.8) is 0 Å². The molecule has 0 unspecified atom stereocenters. The van der Waals surface area contributed by atoms with Crippen LogP contribution in [-0.2, 0) is 0 Å². The minimum absolute atomic E-state index is 0.993. The normalized spacial score (nSPS) is 11.9. The van der Waals surface area contributed by atoms with E-state index in [1.54, 1.807) is 0 Å².